The lowest BCUT2D eigenvalue weighted by Crippen LogP contribution is -2.52. The summed E-state index contributed by atoms with van der Waals surface area (Å²) < 4.78 is 5.82. The molecule has 210 valence electrons. The van der Waals surface area contributed by atoms with Crippen LogP contribution in [0.15, 0.2) is 77.2 Å². The maximum atomic E-state index is 13.0. The van der Waals surface area contributed by atoms with Gasteiger partial charge in [0.2, 0.25) is 5.91 Å². The van der Waals surface area contributed by atoms with Crippen molar-refractivity contribution in [3.63, 3.8) is 0 Å². The molecule has 0 radical (unpaired) electrons. The lowest BCUT2D eigenvalue weighted by Gasteiger charge is -2.40. The van der Waals surface area contributed by atoms with Crippen molar-refractivity contribution < 1.29 is 14.0 Å². The average Bonchev–Trinajstić information content (AvgIpc) is 3.42. The van der Waals surface area contributed by atoms with Crippen LogP contribution in [-0.2, 0) is 11.3 Å². The van der Waals surface area contributed by atoms with E-state index in [1.54, 1.807) is 30.3 Å². The number of nitrogens with one attached hydrogen (secondary N) is 2. The zero-order chi connectivity index (χ0) is 29.1. The minimum Gasteiger partial charge on any atom is -0.451 e. The lowest BCUT2D eigenvalue weighted by atomic mass is 9.97. The van der Waals surface area contributed by atoms with Gasteiger partial charge in [0.25, 0.3) is 5.91 Å². The fourth-order valence-corrected chi connectivity index (χ4v) is 5.51. The third kappa shape index (κ3) is 5.97. The molecule has 2 N–H and O–H groups in total. The highest BCUT2D eigenvalue weighted by Crippen LogP contribution is 2.28. The number of rotatable bonds is 7. The molecule has 0 atom stereocenters. The molecule has 4 aromatic rings. The Morgan fingerprint density at radius 2 is 1.55 bits per heavy atom. The van der Waals surface area contributed by atoms with Crippen molar-refractivity contribution in [3.05, 3.63) is 95.2 Å². The molecule has 42 heavy (non-hydrogen) atoms. The molecule has 3 heterocycles. The van der Waals surface area contributed by atoms with Crippen LogP contribution >= 0.6 is 0 Å². The van der Waals surface area contributed by atoms with Crippen LogP contribution < -0.4 is 15.5 Å². The van der Waals surface area contributed by atoms with E-state index in [9.17, 15) is 9.59 Å². The molecule has 0 aliphatic carbocycles. The molecule has 2 amide bonds. The molecule has 2 saturated heterocycles. The Bertz CT molecular complexity index is 1680. The van der Waals surface area contributed by atoms with Gasteiger partial charge in [0, 0.05) is 55.5 Å². The maximum Gasteiger partial charge on any atom is 0.287 e. The van der Waals surface area contributed by atoms with Gasteiger partial charge in [-0.3, -0.25) is 14.5 Å². The number of carbonyl (C=O) groups is 2. The highest BCUT2D eigenvalue weighted by molar-refractivity contribution is 5.99. The monoisotopic (exact) mass is 558 g/mol. The summed E-state index contributed by atoms with van der Waals surface area (Å²) in [6.45, 7) is 3.81. The summed E-state index contributed by atoms with van der Waals surface area (Å²) in [6, 6.07) is 26.4. The van der Waals surface area contributed by atoms with Gasteiger partial charge in [-0.2, -0.15) is 10.5 Å². The summed E-state index contributed by atoms with van der Waals surface area (Å²) in [6.07, 6.45) is 1.70. The Kier molecular flexibility index (Phi) is 7.59. The topological polar surface area (TPSA) is 125 Å². The predicted octanol–water partition coefficient (Wildman–Crippen LogP) is 4.65. The Morgan fingerprint density at radius 3 is 2.21 bits per heavy atom. The molecule has 9 heteroatoms. The van der Waals surface area contributed by atoms with Crippen molar-refractivity contribution in [1.82, 2.24) is 10.2 Å². The number of hydrogen-bond donors (Lipinski definition) is 2. The van der Waals surface area contributed by atoms with Crippen molar-refractivity contribution in [2.45, 2.75) is 25.4 Å². The molecule has 0 spiro atoms. The summed E-state index contributed by atoms with van der Waals surface area (Å²) in [5, 5.41) is 24.8. The zero-order valence-electron chi connectivity index (χ0n) is 23.0. The van der Waals surface area contributed by atoms with E-state index in [1.807, 2.05) is 42.5 Å². The van der Waals surface area contributed by atoms with Crippen molar-refractivity contribution in [3.8, 4) is 12.1 Å². The van der Waals surface area contributed by atoms with Gasteiger partial charge >= 0.3 is 0 Å². The van der Waals surface area contributed by atoms with Gasteiger partial charge < -0.3 is 20.0 Å². The summed E-state index contributed by atoms with van der Waals surface area (Å²) in [7, 11) is 0. The normalized spacial score (nSPS) is 15.9. The molecular weight excluding hydrogens is 528 g/mol. The van der Waals surface area contributed by atoms with Gasteiger partial charge in [0.15, 0.2) is 5.76 Å². The van der Waals surface area contributed by atoms with Crippen molar-refractivity contribution in [2.75, 3.05) is 36.4 Å². The predicted molar refractivity (Wildman–Crippen MR) is 159 cm³/mol. The third-order valence-electron chi connectivity index (χ3n) is 8.03. The van der Waals surface area contributed by atoms with E-state index < -0.39 is 0 Å². The summed E-state index contributed by atoms with van der Waals surface area (Å²) in [5.41, 5.74) is 4.69. The van der Waals surface area contributed by atoms with Crippen LogP contribution in [0.5, 0.6) is 0 Å². The zero-order valence-corrected chi connectivity index (χ0v) is 23.0. The van der Waals surface area contributed by atoms with Gasteiger partial charge in [0.1, 0.15) is 5.58 Å². The molecule has 3 aromatic carbocycles. The van der Waals surface area contributed by atoms with Crippen LogP contribution in [0, 0.1) is 28.6 Å². The molecule has 2 aliphatic rings. The second kappa shape index (κ2) is 11.8. The fraction of sp³-hybridized carbons (Fsp3) is 0.273. The third-order valence-corrected chi connectivity index (χ3v) is 8.03. The van der Waals surface area contributed by atoms with Crippen LogP contribution in [0.3, 0.4) is 0 Å². The summed E-state index contributed by atoms with van der Waals surface area (Å²) in [5.74, 6) is -0.158. The minimum atomic E-state index is -0.236. The Balaban J connectivity index is 0.985. The average molecular weight is 559 g/mol. The molecule has 2 aliphatic heterocycles. The standard InChI is InChI=1S/C33H30N6O3/c34-17-22-1-3-24(4-2-22)19-38-13-11-27(12-14-38)36-33(41)31-16-25-15-28(7-10-30(25)42-31)37-32(40)26-20-39(21-26)29-8-5-23(18-35)6-9-29/h1-10,15-16,26-27H,11-14,19-21H2,(H,36,41)(H,37,40). The first-order chi connectivity index (χ1) is 20.5. The van der Waals surface area contributed by atoms with E-state index in [1.165, 1.54) is 5.56 Å². The molecule has 9 nitrogen and oxygen atoms in total. The van der Waals surface area contributed by atoms with E-state index in [4.69, 9.17) is 14.9 Å². The van der Waals surface area contributed by atoms with E-state index in [0.717, 1.165) is 43.5 Å². The summed E-state index contributed by atoms with van der Waals surface area (Å²) in [4.78, 5) is 30.2. The van der Waals surface area contributed by atoms with Crippen molar-refractivity contribution >= 4 is 34.2 Å². The highest BCUT2D eigenvalue weighted by atomic mass is 16.3. The van der Waals surface area contributed by atoms with Crippen LogP contribution in [0.25, 0.3) is 11.0 Å². The van der Waals surface area contributed by atoms with E-state index in [-0.39, 0.29) is 29.5 Å². The molecular formula is C33H30N6O3. The lowest BCUT2D eigenvalue weighted by molar-refractivity contribution is -0.120. The van der Waals surface area contributed by atoms with Crippen LogP contribution in [0.4, 0.5) is 11.4 Å². The molecule has 0 unspecified atom stereocenters. The van der Waals surface area contributed by atoms with Crippen LogP contribution in [0.2, 0.25) is 0 Å². The summed E-state index contributed by atoms with van der Waals surface area (Å²) >= 11 is 0. The number of benzene rings is 3. The van der Waals surface area contributed by atoms with Gasteiger partial charge in [0.05, 0.1) is 29.2 Å². The molecule has 1 aromatic heterocycles. The number of anilines is 2. The smallest absolute Gasteiger partial charge is 0.287 e. The van der Waals surface area contributed by atoms with E-state index in [0.29, 0.717) is 35.5 Å². The van der Waals surface area contributed by atoms with Crippen LogP contribution in [-0.4, -0.2) is 48.9 Å². The number of fused-ring (bicyclic) bond motifs is 1. The first-order valence-corrected chi connectivity index (χ1v) is 14.1. The minimum absolute atomic E-state index is 0.0498. The van der Waals surface area contributed by atoms with Crippen molar-refractivity contribution in [2.24, 2.45) is 5.92 Å². The second-order valence-corrected chi connectivity index (χ2v) is 10.9. The van der Waals surface area contributed by atoms with Crippen molar-refractivity contribution in [1.29, 1.82) is 10.5 Å². The maximum absolute atomic E-state index is 13.0. The first-order valence-electron chi connectivity index (χ1n) is 14.1. The highest BCUT2D eigenvalue weighted by Gasteiger charge is 2.33. The van der Waals surface area contributed by atoms with Crippen LogP contribution in [0.1, 0.15) is 40.1 Å². The van der Waals surface area contributed by atoms with Gasteiger partial charge in [-0.05, 0) is 79.1 Å². The molecule has 0 saturated carbocycles. The van der Waals surface area contributed by atoms with E-state index >= 15 is 0 Å². The number of carbonyl (C=O) groups excluding carboxylic acids is 2. The van der Waals surface area contributed by atoms with Gasteiger partial charge in [-0.1, -0.05) is 12.1 Å². The quantitative estimate of drug-likeness (QED) is 0.338. The number of piperidine rings is 1. The van der Waals surface area contributed by atoms with E-state index in [2.05, 4.69) is 32.6 Å². The van der Waals surface area contributed by atoms with Gasteiger partial charge in [-0.25, -0.2) is 0 Å². The Morgan fingerprint density at radius 1 is 0.881 bits per heavy atom. The number of amides is 2. The number of nitrogens with zero attached hydrogens (tertiary/aromatic N) is 4. The SMILES string of the molecule is N#Cc1ccc(CN2CCC(NC(=O)c3cc4cc(NC(=O)C5CN(c6ccc(C#N)cc6)C5)ccc4o3)CC2)cc1. The second-order valence-electron chi connectivity index (χ2n) is 10.9. The molecule has 0 bridgehead atoms. The van der Waals surface area contributed by atoms with Gasteiger partial charge in [-0.15, -0.1) is 0 Å². The Labute approximate surface area is 243 Å². The number of hydrogen-bond acceptors (Lipinski definition) is 7. The fourth-order valence-electron chi connectivity index (χ4n) is 5.51. The largest absolute Gasteiger partial charge is 0.451 e. The number of nitriles is 2. The molecule has 2 fully saturated rings. The first kappa shape index (κ1) is 27.1. The number of furan rings is 1. The molecule has 6 rings (SSSR count). The Hall–Kier alpha value is -5.12. The number of likely N-dealkylation sites (tertiary alicyclic amines) is 1.